The molecule has 1 aliphatic rings. The number of carbonyl (C=O) groups is 2. The third-order valence-corrected chi connectivity index (χ3v) is 8.07. The Kier molecular flexibility index (Phi) is 9.03. The molecule has 15 heteroatoms. The number of benzene rings is 1. The number of anilines is 1. The van der Waals surface area contributed by atoms with Crippen molar-refractivity contribution in [1.82, 2.24) is 24.6 Å². The maximum Gasteiger partial charge on any atom is 0.459 e. The number of H-pyrrole nitrogens is 1. The molecule has 2 aromatic heterocycles. The van der Waals surface area contributed by atoms with E-state index in [1.54, 1.807) is 34.9 Å². The molecule has 1 aliphatic carbocycles. The Labute approximate surface area is 229 Å². The molecule has 3 unspecified atom stereocenters. The lowest BCUT2D eigenvalue weighted by molar-refractivity contribution is -0.146. The molecule has 2 heterocycles. The first-order chi connectivity index (χ1) is 19.1. The summed E-state index contributed by atoms with van der Waals surface area (Å²) in [5.74, 6) is -1.72. The quantitative estimate of drug-likeness (QED) is 0.101. The van der Waals surface area contributed by atoms with Crippen molar-refractivity contribution in [3.05, 3.63) is 59.2 Å². The number of ether oxygens (including phenoxy) is 1. The van der Waals surface area contributed by atoms with Crippen LogP contribution < -0.4 is 20.9 Å². The fourth-order valence-corrected chi connectivity index (χ4v) is 5.93. The maximum absolute atomic E-state index is 13.8. The van der Waals surface area contributed by atoms with E-state index in [9.17, 15) is 18.9 Å². The summed E-state index contributed by atoms with van der Waals surface area (Å²) in [6, 6.07) is 7.04. The predicted octanol–water partition coefficient (Wildman–Crippen LogP) is 2.80. The molecule has 3 aromatic rings. The number of nitrogen functional groups attached to an aromatic ring is 1. The van der Waals surface area contributed by atoms with Crippen LogP contribution in [0.25, 0.3) is 11.2 Å². The first kappa shape index (κ1) is 29.0. The van der Waals surface area contributed by atoms with Crippen LogP contribution in [0.3, 0.4) is 0 Å². The van der Waals surface area contributed by atoms with Crippen LogP contribution in [-0.2, 0) is 23.4 Å². The Morgan fingerprint density at radius 2 is 2.08 bits per heavy atom. The van der Waals surface area contributed by atoms with Gasteiger partial charge in [-0.1, -0.05) is 24.8 Å². The molecular weight excluding hydrogens is 543 g/mol. The molecule has 40 heavy (non-hydrogen) atoms. The van der Waals surface area contributed by atoms with Gasteiger partial charge in [0.05, 0.1) is 25.6 Å². The standard InChI is InChI=1S/C25H31N6O8P/c1-15-17(10-11-19(15)31-14-27-21-22(31)28-25(26)29-23(21)34)13-38-40(36,39-18-7-4-3-5-8-18)30-16(2)24(35)37-12-6-9-20(32)33/h3-5,7-8,14,16-17,19H,1,6,9-13H2,2H3,(H,30,36)(H,32,33)(H3,26,28,29,34)/t16-,17?,19?,40?/m0/s1. The lowest BCUT2D eigenvalue weighted by Gasteiger charge is -2.24. The van der Waals surface area contributed by atoms with Gasteiger partial charge in [-0.05, 0) is 43.9 Å². The number of imidazole rings is 1. The molecule has 0 spiro atoms. The summed E-state index contributed by atoms with van der Waals surface area (Å²) in [5.41, 5.74) is 6.54. The number of aromatic amines is 1. The number of nitrogens with one attached hydrogen (secondary N) is 2. The highest BCUT2D eigenvalue weighted by molar-refractivity contribution is 7.52. The van der Waals surface area contributed by atoms with E-state index in [0.717, 1.165) is 5.57 Å². The highest BCUT2D eigenvalue weighted by Gasteiger charge is 2.37. The topological polar surface area (TPSA) is 201 Å². The highest BCUT2D eigenvalue weighted by atomic mass is 31.2. The zero-order valence-corrected chi connectivity index (χ0v) is 22.7. The number of aromatic nitrogens is 4. The van der Waals surface area contributed by atoms with Crippen molar-refractivity contribution in [2.75, 3.05) is 18.9 Å². The zero-order chi connectivity index (χ0) is 28.9. The SMILES string of the molecule is C=C1C(COP(=O)(N[C@@H](C)C(=O)OCCCC(=O)O)Oc2ccccc2)CCC1n1cnc2c(=O)[nH]c(N)nc21. The molecule has 214 valence electrons. The van der Waals surface area contributed by atoms with E-state index >= 15 is 0 Å². The molecule has 5 N–H and O–H groups in total. The Hall–Kier alpha value is -4.00. The summed E-state index contributed by atoms with van der Waals surface area (Å²) >= 11 is 0. The van der Waals surface area contributed by atoms with Crippen LogP contribution in [0.4, 0.5) is 5.95 Å². The molecule has 0 radical (unpaired) electrons. The van der Waals surface area contributed by atoms with Crippen LogP contribution in [0.2, 0.25) is 0 Å². The van der Waals surface area contributed by atoms with Crippen molar-refractivity contribution in [2.24, 2.45) is 5.92 Å². The number of carboxylic acids is 1. The van der Waals surface area contributed by atoms with Gasteiger partial charge in [0, 0.05) is 12.3 Å². The maximum atomic E-state index is 13.8. The first-order valence-electron chi connectivity index (χ1n) is 12.6. The minimum atomic E-state index is -4.10. The second-order valence-electron chi connectivity index (χ2n) is 9.35. The van der Waals surface area contributed by atoms with Gasteiger partial charge in [-0.15, -0.1) is 0 Å². The number of hydrogen-bond donors (Lipinski definition) is 4. The molecule has 0 saturated heterocycles. The van der Waals surface area contributed by atoms with Gasteiger partial charge in [0.1, 0.15) is 11.8 Å². The van der Waals surface area contributed by atoms with E-state index in [2.05, 4.69) is 26.6 Å². The van der Waals surface area contributed by atoms with Crippen LogP contribution in [0.15, 0.2) is 53.6 Å². The smallest absolute Gasteiger partial charge is 0.459 e. The van der Waals surface area contributed by atoms with Gasteiger partial charge >= 0.3 is 19.7 Å². The Balaban J connectivity index is 1.44. The molecule has 0 amide bonds. The van der Waals surface area contributed by atoms with Crippen molar-refractivity contribution in [2.45, 2.75) is 44.7 Å². The van der Waals surface area contributed by atoms with E-state index in [-0.39, 0.29) is 55.2 Å². The van der Waals surface area contributed by atoms with Crippen molar-refractivity contribution in [3.8, 4) is 5.75 Å². The lowest BCUT2D eigenvalue weighted by atomic mass is 10.0. The van der Waals surface area contributed by atoms with Crippen LogP contribution in [-0.4, -0.2) is 55.8 Å². The van der Waals surface area contributed by atoms with Gasteiger partial charge in [0.2, 0.25) is 5.95 Å². The van der Waals surface area contributed by atoms with Gasteiger partial charge in [-0.3, -0.25) is 23.9 Å². The highest BCUT2D eigenvalue weighted by Crippen LogP contribution is 2.48. The van der Waals surface area contributed by atoms with Crippen molar-refractivity contribution in [1.29, 1.82) is 0 Å². The summed E-state index contributed by atoms with van der Waals surface area (Å²) in [6.07, 6.45) is 2.79. The van der Waals surface area contributed by atoms with Gasteiger partial charge in [0.15, 0.2) is 11.2 Å². The number of hydrogen-bond acceptors (Lipinski definition) is 10. The number of rotatable bonds is 13. The van der Waals surface area contributed by atoms with Crippen molar-refractivity contribution in [3.63, 3.8) is 0 Å². The minimum absolute atomic E-state index is 0.0256. The normalized spacial score (nSPS) is 19.3. The van der Waals surface area contributed by atoms with Gasteiger partial charge < -0.3 is 24.7 Å². The molecule has 1 fully saturated rings. The number of nitrogens with zero attached hydrogens (tertiary/aromatic N) is 3. The van der Waals surface area contributed by atoms with Crippen molar-refractivity contribution < 1.29 is 33.0 Å². The molecule has 0 aliphatic heterocycles. The van der Waals surface area contributed by atoms with Crippen LogP contribution >= 0.6 is 7.75 Å². The van der Waals surface area contributed by atoms with Gasteiger partial charge in [-0.25, -0.2) is 9.55 Å². The number of aliphatic carboxylic acids is 1. The van der Waals surface area contributed by atoms with Crippen LogP contribution in [0.1, 0.15) is 38.6 Å². The molecule has 4 rings (SSSR count). The second kappa shape index (κ2) is 12.5. The summed E-state index contributed by atoms with van der Waals surface area (Å²) in [6.45, 7) is 5.53. The molecular formula is C25H31N6O8P. The number of carboxylic acid groups (broad SMARTS) is 1. The molecule has 1 aromatic carbocycles. The van der Waals surface area contributed by atoms with E-state index < -0.39 is 31.3 Å². The summed E-state index contributed by atoms with van der Waals surface area (Å²) < 4.78 is 32.1. The van der Waals surface area contributed by atoms with E-state index in [1.165, 1.54) is 13.3 Å². The monoisotopic (exact) mass is 574 g/mol. The molecule has 0 bridgehead atoms. The number of esters is 1. The van der Waals surface area contributed by atoms with E-state index in [4.69, 9.17) is 24.6 Å². The largest absolute Gasteiger partial charge is 0.481 e. The summed E-state index contributed by atoms with van der Waals surface area (Å²) in [5, 5.41) is 11.4. The predicted molar refractivity (Wildman–Crippen MR) is 145 cm³/mol. The number of nitrogens with two attached hydrogens (primary N) is 1. The van der Waals surface area contributed by atoms with Gasteiger partial charge in [-0.2, -0.15) is 10.1 Å². The summed E-state index contributed by atoms with van der Waals surface area (Å²) in [4.78, 5) is 46.1. The zero-order valence-electron chi connectivity index (χ0n) is 21.8. The fourth-order valence-electron chi connectivity index (χ4n) is 4.39. The number of para-hydroxylation sites is 1. The number of carbonyl (C=O) groups excluding carboxylic acids is 1. The average Bonchev–Trinajstić information content (AvgIpc) is 3.48. The molecule has 1 saturated carbocycles. The lowest BCUT2D eigenvalue weighted by Crippen LogP contribution is -2.35. The second-order valence-corrected chi connectivity index (χ2v) is 11.0. The van der Waals surface area contributed by atoms with Crippen LogP contribution in [0, 0.1) is 5.92 Å². The third-order valence-electron chi connectivity index (χ3n) is 6.43. The third kappa shape index (κ3) is 6.95. The van der Waals surface area contributed by atoms with Crippen molar-refractivity contribution >= 4 is 36.8 Å². The Morgan fingerprint density at radius 1 is 1.32 bits per heavy atom. The molecule has 14 nitrogen and oxygen atoms in total. The minimum Gasteiger partial charge on any atom is -0.481 e. The van der Waals surface area contributed by atoms with Gasteiger partial charge in [0.25, 0.3) is 5.56 Å². The Bertz CT molecular complexity index is 1490. The first-order valence-corrected chi connectivity index (χ1v) is 14.2. The Morgan fingerprint density at radius 3 is 2.80 bits per heavy atom. The molecule has 4 atom stereocenters. The fraction of sp³-hybridized carbons (Fsp3) is 0.400. The average molecular weight is 575 g/mol. The number of fused-ring (bicyclic) bond motifs is 1. The van der Waals surface area contributed by atoms with E-state index in [1.807, 2.05) is 0 Å². The summed E-state index contributed by atoms with van der Waals surface area (Å²) in [7, 11) is -4.10. The van der Waals surface area contributed by atoms with Crippen LogP contribution in [0.5, 0.6) is 5.75 Å². The van der Waals surface area contributed by atoms with E-state index in [0.29, 0.717) is 18.5 Å².